The molecule has 3 nitrogen and oxygen atoms in total. The van der Waals surface area contributed by atoms with Gasteiger partial charge in [0, 0.05) is 25.0 Å². The van der Waals surface area contributed by atoms with Crippen LogP contribution in [-0.2, 0) is 6.54 Å². The summed E-state index contributed by atoms with van der Waals surface area (Å²) in [5, 5.41) is 3.57. The summed E-state index contributed by atoms with van der Waals surface area (Å²) in [4.78, 5) is 4.33. The number of pyridine rings is 1. The van der Waals surface area contributed by atoms with Crippen molar-refractivity contribution in [2.24, 2.45) is 0 Å². The molecule has 86 valence electrons. The molecule has 1 N–H and O–H groups in total. The molecule has 0 aliphatic carbocycles. The van der Waals surface area contributed by atoms with E-state index in [2.05, 4.69) is 24.1 Å². The van der Waals surface area contributed by atoms with Gasteiger partial charge in [0.25, 0.3) is 0 Å². The van der Waals surface area contributed by atoms with Crippen LogP contribution in [0.2, 0.25) is 5.02 Å². The van der Waals surface area contributed by atoms with E-state index in [-0.39, 0.29) is 5.82 Å². The van der Waals surface area contributed by atoms with Crippen LogP contribution in [0.15, 0.2) is 18.5 Å². The summed E-state index contributed by atoms with van der Waals surface area (Å²) in [6.45, 7) is 4.77. The predicted octanol–water partition coefficient (Wildman–Crippen LogP) is 2.62. The lowest BCUT2D eigenvalue weighted by Crippen LogP contribution is -2.21. The van der Waals surface area contributed by atoms with Crippen LogP contribution >= 0.6 is 11.6 Å². The van der Waals surface area contributed by atoms with E-state index in [1.54, 1.807) is 10.6 Å². The van der Waals surface area contributed by atoms with Gasteiger partial charge in [0.2, 0.25) is 0 Å². The number of halogens is 2. The summed E-state index contributed by atoms with van der Waals surface area (Å²) in [6, 6.07) is 1.65. The zero-order valence-electron chi connectivity index (χ0n) is 9.17. The summed E-state index contributed by atoms with van der Waals surface area (Å²) in [6.07, 6.45) is 3.15. The Bertz CT molecular complexity index is 507. The third kappa shape index (κ3) is 2.33. The SMILES string of the molecule is CC(C)NCc1cn2cc(F)cc(Cl)c2n1. The Labute approximate surface area is 98.2 Å². The van der Waals surface area contributed by atoms with Gasteiger partial charge in [0.1, 0.15) is 5.82 Å². The van der Waals surface area contributed by atoms with Crippen molar-refractivity contribution in [3.8, 4) is 0 Å². The number of nitrogens with zero attached hydrogens (tertiary/aromatic N) is 2. The van der Waals surface area contributed by atoms with Gasteiger partial charge in [-0.2, -0.15) is 0 Å². The summed E-state index contributed by atoms with van der Waals surface area (Å²) in [5.41, 5.74) is 1.44. The number of aromatic nitrogens is 2. The minimum absolute atomic E-state index is 0.329. The minimum atomic E-state index is -0.363. The van der Waals surface area contributed by atoms with Gasteiger partial charge in [0.05, 0.1) is 10.7 Å². The molecular weight excluding hydrogens is 229 g/mol. The standard InChI is InChI=1S/C11H13ClFN3/c1-7(2)14-4-9-6-16-5-8(13)3-10(12)11(16)15-9/h3,5-7,14H,4H2,1-2H3. The maximum atomic E-state index is 13.1. The molecule has 2 aromatic heterocycles. The summed E-state index contributed by atoms with van der Waals surface area (Å²) in [7, 11) is 0. The number of hydrogen-bond donors (Lipinski definition) is 1. The van der Waals surface area contributed by atoms with Gasteiger partial charge >= 0.3 is 0 Å². The maximum absolute atomic E-state index is 13.1. The zero-order valence-corrected chi connectivity index (χ0v) is 9.92. The summed E-state index contributed by atoms with van der Waals surface area (Å²) < 4.78 is 14.7. The summed E-state index contributed by atoms with van der Waals surface area (Å²) >= 11 is 5.89. The molecule has 5 heteroatoms. The molecule has 0 saturated heterocycles. The molecule has 0 radical (unpaired) electrons. The van der Waals surface area contributed by atoms with Crippen molar-refractivity contribution in [3.63, 3.8) is 0 Å². The Balaban J connectivity index is 2.33. The second kappa shape index (κ2) is 4.39. The van der Waals surface area contributed by atoms with Crippen LogP contribution in [0, 0.1) is 5.82 Å². The van der Waals surface area contributed by atoms with E-state index in [9.17, 15) is 4.39 Å². The van der Waals surface area contributed by atoms with Crippen molar-refractivity contribution in [2.45, 2.75) is 26.4 Å². The van der Waals surface area contributed by atoms with E-state index in [0.29, 0.717) is 23.3 Å². The van der Waals surface area contributed by atoms with Crippen molar-refractivity contribution in [2.75, 3.05) is 0 Å². The number of rotatable bonds is 3. The van der Waals surface area contributed by atoms with Gasteiger partial charge in [0.15, 0.2) is 5.65 Å². The fraction of sp³-hybridized carbons (Fsp3) is 0.364. The van der Waals surface area contributed by atoms with Crippen LogP contribution < -0.4 is 5.32 Å². The molecule has 0 aliphatic rings. The lowest BCUT2D eigenvalue weighted by molar-refractivity contribution is 0.583. The van der Waals surface area contributed by atoms with Gasteiger partial charge in [-0.05, 0) is 6.07 Å². The third-order valence-electron chi connectivity index (χ3n) is 2.21. The van der Waals surface area contributed by atoms with E-state index in [1.165, 1.54) is 12.3 Å². The Morgan fingerprint density at radius 1 is 1.50 bits per heavy atom. The first-order chi connectivity index (χ1) is 7.56. The lowest BCUT2D eigenvalue weighted by atomic mass is 10.3. The Morgan fingerprint density at radius 2 is 2.25 bits per heavy atom. The first kappa shape index (κ1) is 11.4. The van der Waals surface area contributed by atoms with Crippen molar-refractivity contribution < 1.29 is 4.39 Å². The second-order valence-electron chi connectivity index (χ2n) is 4.00. The van der Waals surface area contributed by atoms with Crippen LogP contribution in [0.4, 0.5) is 4.39 Å². The molecule has 0 amide bonds. The molecule has 16 heavy (non-hydrogen) atoms. The normalized spacial score (nSPS) is 11.6. The molecule has 2 rings (SSSR count). The third-order valence-corrected chi connectivity index (χ3v) is 2.49. The van der Waals surface area contributed by atoms with Crippen LogP contribution in [0.3, 0.4) is 0 Å². The van der Waals surface area contributed by atoms with Crippen molar-refractivity contribution >= 4 is 17.2 Å². The Kier molecular flexibility index (Phi) is 3.12. The largest absolute Gasteiger partial charge is 0.309 e. The molecule has 2 aromatic rings. The van der Waals surface area contributed by atoms with Crippen molar-refractivity contribution in [1.82, 2.24) is 14.7 Å². The predicted molar refractivity (Wildman–Crippen MR) is 62.1 cm³/mol. The van der Waals surface area contributed by atoms with Crippen molar-refractivity contribution in [1.29, 1.82) is 0 Å². The molecule has 0 aromatic carbocycles. The van der Waals surface area contributed by atoms with Crippen molar-refractivity contribution in [3.05, 3.63) is 35.0 Å². The highest BCUT2D eigenvalue weighted by Gasteiger charge is 2.07. The molecule has 0 fully saturated rings. The maximum Gasteiger partial charge on any atom is 0.156 e. The van der Waals surface area contributed by atoms with Gasteiger partial charge in [-0.25, -0.2) is 9.37 Å². The van der Waals surface area contributed by atoms with E-state index >= 15 is 0 Å². The molecule has 0 unspecified atom stereocenters. The highest BCUT2D eigenvalue weighted by Crippen LogP contribution is 2.18. The highest BCUT2D eigenvalue weighted by atomic mass is 35.5. The number of imidazole rings is 1. The Morgan fingerprint density at radius 3 is 2.94 bits per heavy atom. The van der Waals surface area contributed by atoms with Crippen LogP contribution in [0.1, 0.15) is 19.5 Å². The topological polar surface area (TPSA) is 29.3 Å². The number of hydrogen-bond acceptors (Lipinski definition) is 2. The molecule has 0 spiro atoms. The van der Waals surface area contributed by atoms with E-state index in [1.807, 2.05) is 0 Å². The fourth-order valence-electron chi connectivity index (χ4n) is 1.47. The van der Waals surface area contributed by atoms with E-state index < -0.39 is 0 Å². The smallest absolute Gasteiger partial charge is 0.156 e. The first-order valence-corrected chi connectivity index (χ1v) is 5.50. The first-order valence-electron chi connectivity index (χ1n) is 5.12. The fourth-order valence-corrected chi connectivity index (χ4v) is 1.71. The molecule has 0 aliphatic heterocycles. The van der Waals surface area contributed by atoms with Gasteiger partial charge in [-0.3, -0.25) is 0 Å². The molecular formula is C11H13ClFN3. The minimum Gasteiger partial charge on any atom is -0.309 e. The molecule has 0 saturated carbocycles. The van der Waals surface area contributed by atoms with Gasteiger partial charge in [-0.1, -0.05) is 25.4 Å². The van der Waals surface area contributed by atoms with Crippen LogP contribution in [0.25, 0.3) is 5.65 Å². The quantitative estimate of drug-likeness (QED) is 0.895. The monoisotopic (exact) mass is 241 g/mol. The molecule has 0 bridgehead atoms. The lowest BCUT2D eigenvalue weighted by Gasteiger charge is -2.04. The average Bonchev–Trinajstić information content (AvgIpc) is 2.57. The Hall–Kier alpha value is -1.13. The molecule has 0 atom stereocenters. The number of fused-ring (bicyclic) bond motifs is 1. The second-order valence-corrected chi connectivity index (χ2v) is 4.41. The zero-order chi connectivity index (χ0) is 11.7. The van der Waals surface area contributed by atoms with Gasteiger partial charge < -0.3 is 9.72 Å². The van der Waals surface area contributed by atoms with Crippen LogP contribution in [0.5, 0.6) is 0 Å². The van der Waals surface area contributed by atoms with E-state index in [0.717, 1.165) is 5.69 Å². The molecule has 2 heterocycles. The van der Waals surface area contributed by atoms with Crippen LogP contribution in [-0.4, -0.2) is 15.4 Å². The average molecular weight is 242 g/mol. The number of nitrogens with one attached hydrogen (secondary N) is 1. The van der Waals surface area contributed by atoms with Gasteiger partial charge in [-0.15, -0.1) is 0 Å². The highest BCUT2D eigenvalue weighted by molar-refractivity contribution is 6.33. The van der Waals surface area contributed by atoms with E-state index in [4.69, 9.17) is 11.6 Å². The summed E-state index contributed by atoms with van der Waals surface area (Å²) in [5.74, 6) is -0.363.